The van der Waals surface area contributed by atoms with E-state index in [2.05, 4.69) is 17.6 Å². The molecule has 1 rings (SSSR count). The molecule has 40 heavy (non-hydrogen) atoms. The molecule has 1 aromatic carbocycles. The van der Waals surface area contributed by atoms with Crippen molar-refractivity contribution in [3.05, 3.63) is 24.3 Å². The summed E-state index contributed by atoms with van der Waals surface area (Å²) in [4.78, 5) is 11.9. The summed E-state index contributed by atoms with van der Waals surface area (Å²) in [6.45, 7) is 3.01. The lowest BCUT2D eigenvalue weighted by Crippen LogP contribution is -2.29. The van der Waals surface area contributed by atoms with Crippen LogP contribution in [0.4, 0.5) is 10.5 Å². The number of carbonyl (C=O) groups excluding carboxylic acids is 1. The summed E-state index contributed by atoms with van der Waals surface area (Å²) < 4.78 is 0. The highest BCUT2D eigenvalue weighted by Crippen LogP contribution is 2.16. The molecular formula is C36H66N2O2. The first kappa shape index (κ1) is 36.3. The van der Waals surface area contributed by atoms with Gasteiger partial charge >= 0.3 is 6.03 Å². The molecule has 0 aromatic heterocycles. The lowest BCUT2D eigenvalue weighted by atomic mass is 10.0. The Hall–Kier alpha value is -1.71. The van der Waals surface area contributed by atoms with Crippen LogP contribution in [0.1, 0.15) is 180 Å². The van der Waals surface area contributed by atoms with E-state index < -0.39 is 0 Å². The topological polar surface area (TPSA) is 61.4 Å². The predicted octanol–water partition coefficient (Wildman–Crippen LogP) is 12.1. The van der Waals surface area contributed by atoms with Gasteiger partial charge in [-0.15, -0.1) is 0 Å². The summed E-state index contributed by atoms with van der Waals surface area (Å²) in [7, 11) is 0. The maximum absolute atomic E-state index is 11.9. The Morgan fingerprint density at radius 3 is 1.12 bits per heavy atom. The minimum Gasteiger partial charge on any atom is -0.508 e. The zero-order valence-corrected chi connectivity index (χ0v) is 26.5. The number of hydrogen-bond acceptors (Lipinski definition) is 2. The van der Waals surface area contributed by atoms with Crippen LogP contribution in [0, 0.1) is 0 Å². The predicted molar refractivity (Wildman–Crippen MR) is 175 cm³/mol. The second-order valence-corrected chi connectivity index (χ2v) is 12.1. The van der Waals surface area contributed by atoms with Crippen molar-refractivity contribution in [3.8, 4) is 5.75 Å². The van der Waals surface area contributed by atoms with Crippen molar-refractivity contribution < 1.29 is 9.90 Å². The fraction of sp³-hybridized carbons (Fsp3) is 0.806. The summed E-state index contributed by atoms with van der Waals surface area (Å²) in [5, 5.41) is 15.0. The number of aromatic hydroxyl groups is 1. The fourth-order valence-corrected chi connectivity index (χ4v) is 5.54. The number of nitrogens with one attached hydrogen (secondary N) is 2. The van der Waals surface area contributed by atoms with Crippen molar-refractivity contribution in [1.82, 2.24) is 5.32 Å². The van der Waals surface area contributed by atoms with E-state index in [4.69, 9.17) is 0 Å². The number of benzene rings is 1. The van der Waals surface area contributed by atoms with E-state index in [0.717, 1.165) is 6.42 Å². The maximum atomic E-state index is 11.9. The molecule has 4 nitrogen and oxygen atoms in total. The molecule has 232 valence electrons. The van der Waals surface area contributed by atoms with E-state index in [1.165, 1.54) is 167 Å². The van der Waals surface area contributed by atoms with Gasteiger partial charge in [-0.2, -0.15) is 0 Å². The van der Waals surface area contributed by atoms with E-state index in [9.17, 15) is 9.90 Å². The molecule has 0 aliphatic heterocycles. The van der Waals surface area contributed by atoms with Crippen LogP contribution in [0.25, 0.3) is 0 Å². The third-order valence-corrected chi connectivity index (χ3v) is 8.19. The molecule has 1 aromatic rings. The minimum atomic E-state index is -0.180. The van der Waals surface area contributed by atoms with Gasteiger partial charge in [0.1, 0.15) is 5.75 Å². The van der Waals surface area contributed by atoms with Crippen molar-refractivity contribution in [2.45, 2.75) is 180 Å². The van der Waals surface area contributed by atoms with Crippen LogP contribution >= 0.6 is 0 Å². The normalized spacial score (nSPS) is 11.1. The summed E-state index contributed by atoms with van der Waals surface area (Å²) in [6, 6.07) is 6.34. The molecule has 2 amide bonds. The molecule has 3 N–H and O–H groups in total. The Balaban J connectivity index is 1.68. The van der Waals surface area contributed by atoms with Gasteiger partial charge in [0.05, 0.1) is 0 Å². The van der Waals surface area contributed by atoms with Crippen molar-refractivity contribution in [2.75, 3.05) is 11.9 Å². The maximum Gasteiger partial charge on any atom is 0.319 e. The Morgan fingerprint density at radius 1 is 0.500 bits per heavy atom. The first-order chi connectivity index (χ1) is 19.7. The number of hydrogen-bond donors (Lipinski definition) is 3. The number of urea groups is 1. The standard InChI is InChI=1S/C36H66N2O2/c1-2-3-4-5-6-7-8-9-10-11-12-13-14-15-16-17-18-19-20-21-22-23-24-25-26-27-28-33-37-36(40)38-34-29-31-35(39)32-30-34/h29-32,39H,2-28,33H2,1H3,(H2,37,38,40). The molecule has 0 aliphatic carbocycles. The number of rotatable bonds is 29. The summed E-state index contributed by atoms with van der Waals surface area (Å²) in [6.07, 6.45) is 37.9. The van der Waals surface area contributed by atoms with Crippen LogP contribution in [0.3, 0.4) is 0 Å². The molecule has 0 aliphatic rings. The van der Waals surface area contributed by atoms with Crippen molar-refractivity contribution in [2.24, 2.45) is 0 Å². The van der Waals surface area contributed by atoms with Gasteiger partial charge in [-0.1, -0.05) is 174 Å². The quantitative estimate of drug-likeness (QED) is 0.0676. The summed E-state index contributed by atoms with van der Waals surface area (Å²) in [5.74, 6) is 0.201. The molecule has 4 heteroatoms. The largest absolute Gasteiger partial charge is 0.508 e. The average Bonchev–Trinajstić information content (AvgIpc) is 2.95. The van der Waals surface area contributed by atoms with E-state index >= 15 is 0 Å². The van der Waals surface area contributed by atoms with Crippen LogP contribution in [0.5, 0.6) is 5.75 Å². The molecule has 0 heterocycles. The Labute approximate surface area is 248 Å². The number of carbonyl (C=O) groups is 1. The SMILES string of the molecule is CCCCCCCCCCCCCCCCCCCCCCCCCCCCCNC(=O)Nc1ccc(O)cc1. The van der Waals surface area contributed by atoms with Gasteiger partial charge in [-0.3, -0.25) is 0 Å². The minimum absolute atomic E-state index is 0.180. The lowest BCUT2D eigenvalue weighted by Gasteiger charge is -2.07. The number of amides is 2. The first-order valence-electron chi connectivity index (χ1n) is 17.6. The van der Waals surface area contributed by atoms with Gasteiger partial charge in [-0.25, -0.2) is 4.79 Å². The highest BCUT2D eigenvalue weighted by Gasteiger charge is 2.01. The van der Waals surface area contributed by atoms with Crippen LogP contribution in [-0.2, 0) is 0 Å². The van der Waals surface area contributed by atoms with Gasteiger partial charge in [0.25, 0.3) is 0 Å². The highest BCUT2D eigenvalue weighted by atomic mass is 16.3. The molecule has 0 bridgehead atoms. The van der Waals surface area contributed by atoms with Gasteiger partial charge in [-0.05, 0) is 30.7 Å². The Bertz CT molecular complexity index is 661. The van der Waals surface area contributed by atoms with Crippen molar-refractivity contribution >= 4 is 11.7 Å². The van der Waals surface area contributed by atoms with Gasteiger partial charge < -0.3 is 15.7 Å². The zero-order chi connectivity index (χ0) is 28.8. The van der Waals surface area contributed by atoms with Gasteiger partial charge in [0, 0.05) is 12.2 Å². The number of unbranched alkanes of at least 4 members (excludes halogenated alkanes) is 26. The molecule has 0 saturated carbocycles. The Kier molecular flexibility index (Phi) is 26.2. The summed E-state index contributed by atoms with van der Waals surface area (Å²) in [5.41, 5.74) is 0.690. The van der Waals surface area contributed by atoms with Gasteiger partial charge in [0.2, 0.25) is 0 Å². The number of phenolic OH excluding ortho intramolecular Hbond substituents is 1. The van der Waals surface area contributed by atoms with Crippen molar-refractivity contribution in [3.63, 3.8) is 0 Å². The van der Waals surface area contributed by atoms with Crippen LogP contribution < -0.4 is 10.6 Å². The fourth-order valence-electron chi connectivity index (χ4n) is 5.54. The smallest absolute Gasteiger partial charge is 0.319 e. The Morgan fingerprint density at radius 2 is 0.800 bits per heavy atom. The second kappa shape index (κ2) is 28.8. The van der Waals surface area contributed by atoms with E-state index in [-0.39, 0.29) is 11.8 Å². The summed E-state index contributed by atoms with van der Waals surface area (Å²) >= 11 is 0. The number of phenols is 1. The average molecular weight is 559 g/mol. The molecule has 0 fully saturated rings. The second-order valence-electron chi connectivity index (χ2n) is 12.1. The molecule has 0 spiro atoms. The van der Waals surface area contributed by atoms with E-state index in [1.54, 1.807) is 24.3 Å². The molecule has 0 atom stereocenters. The van der Waals surface area contributed by atoms with E-state index in [1.807, 2.05) is 0 Å². The van der Waals surface area contributed by atoms with E-state index in [0.29, 0.717) is 12.2 Å². The third-order valence-electron chi connectivity index (χ3n) is 8.19. The van der Waals surface area contributed by atoms with Crippen LogP contribution in [-0.4, -0.2) is 17.7 Å². The monoisotopic (exact) mass is 559 g/mol. The van der Waals surface area contributed by atoms with Crippen LogP contribution in [0.15, 0.2) is 24.3 Å². The first-order valence-corrected chi connectivity index (χ1v) is 17.6. The molecule has 0 saturated heterocycles. The molecule has 0 radical (unpaired) electrons. The van der Waals surface area contributed by atoms with Gasteiger partial charge in [0.15, 0.2) is 0 Å². The highest BCUT2D eigenvalue weighted by molar-refractivity contribution is 5.89. The molecule has 0 unspecified atom stereocenters. The zero-order valence-electron chi connectivity index (χ0n) is 26.5. The van der Waals surface area contributed by atoms with Crippen LogP contribution in [0.2, 0.25) is 0 Å². The number of anilines is 1. The third kappa shape index (κ3) is 25.3. The molecular weight excluding hydrogens is 492 g/mol. The lowest BCUT2D eigenvalue weighted by molar-refractivity contribution is 0.252. The van der Waals surface area contributed by atoms with Crippen molar-refractivity contribution in [1.29, 1.82) is 0 Å².